The molecule has 1 amide bonds. The van der Waals surface area contributed by atoms with Crippen LogP contribution in [0.25, 0.3) is 0 Å². The highest BCUT2D eigenvalue weighted by Gasteiger charge is 2.51. The lowest BCUT2D eigenvalue weighted by Crippen LogP contribution is -2.43. The molecule has 0 unspecified atom stereocenters. The molecule has 0 radical (unpaired) electrons. The summed E-state index contributed by atoms with van der Waals surface area (Å²) in [5, 5.41) is 0. The summed E-state index contributed by atoms with van der Waals surface area (Å²) in [7, 11) is 2.19. The van der Waals surface area contributed by atoms with E-state index in [1.165, 1.54) is 0 Å². The van der Waals surface area contributed by atoms with E-state index >= 15 is 0 Å². The van der Waals surface area contributed by atoms with Gasteiger partial charge in [0, 0.05) is 49.6 Å². The Labute approximate surface area is 156 Å². The fourth-order valence-corrected chi connectivity index (χ4v) is 5.23. The number of nitrogens with zero attached hydrogens (tertiary/aromatic N) is 3. The summed E-state index contributed by atoms with van der Waals surface area (Å²) >= 11 is 0. The van der Waals surface area contributed by atoms with E-state index in [0.717, 1.165) is 63.7 Å². The van der Waals surface area contributed by atoms with Crippen LogP contribution in [0.4, 0.5) is 0 Å². The lowest BCUT2D eigenvalue weighted by atomic mass is 9.75. The van der Waals surface area contributed by atoms with Gasteiger partial charge >= 0.3 is 0 Å². The molecule has 2 saturated heterocycles. The molecule has 26 heavy (non-hydrogen) atoms. The van der Waals surface area contributed by atoms with Crippen LogP contribution in [0.1, 0.15) is 31.9 Å². The van der Waals surface area contributed by atoms with Crippen LogP contribution in [-0.4, -0.2) is 60.5 Å². The first kappa shape index (κ1) is 17.9. The molecule has 3 heterocycles. The monoisotopic (exact) mass is 357 g/mol. The zero-order chi connectivity index (χ0) is 18.1. The third-order valence-corrected chi connectivity index (χ3v) is 6.70. The first-order chi connectivity index (χ1) is 12.6. The molecule has 1 saturated carbocycles. The Kier molecular flexibility index (Phi) is 5.02. The van der Waals surface area contributed by atoms with Crippen LogP contribution in [0.15, 0.2) is 24.4 Å². The Hall–Kier alpha value is -1.46. The van der Waals surface area contributed by atoms with Crippen molar-refractivity contribution in [2.45, 2.75) is 32.8 Å². The van der Waals surface area contributed by atoms with E-state index in [1.807, 2.05) is 24.4 Å². The van der Waals surface area contributed by atoms with E-state index < -0.39 is 0 Å². The Balaban J connectivity index is 1.34. The molecule has 2 aliphatic heterocycles. The predicted molar refractivity (Wildman–Crippen MR) is 100 cm³/mol. The third-order valence-electron chi connectivity index (χ3n) is 6.70. The van der Waals surface area contributed by atoms with E-state index in [-0.39, 0.29) is 11.3 Å². The van der Waals surface area contributed by atoms with Crippen LogP contribution < -0.4 is 0 Å². The summed E-state index contributed by atoms with van der Waals surface area (Å²) in [5.41, 5.74) is 1.19. The fraction of sp³-hybridized carbons (Fsp3) is 0.714. The van der Waals surface area contributed by atoms with Crippen molar-refractivity contribution >= 4 is 5.91 Å². The number of likely N-dealkylation sites (tertiary alicyclic amines) is 2. The van der Waals surface area contributed by atoms with E-state index in [0.29, 0.717) is 18.4 Å². The number of hydrogen-bond donors (Lipinski definition) is 0. The molecule has 3 aliphatic rings. The molecule has 0 aromatic carbocycles. The van der Waals surface area contributed by atoms with Gasteiger partial charge in [-0.15, -0.1) is 0 Å². The maximum atomic E-state index is 12.8. The van der Waals surface area contributed by atoms with Gasteiger partial charge in [-0.3, -0.25) is 9.78 Å². The number of pyridine rings is 1. The predicted octanol–water partition coefficient (Wildman–Crippen LogP) is 2.42. The largest absolute Gasteiger partial charge is 0.375 e. The number of ether oxygens (including phenoxy) is 1. The molecule has 5 heteroatoms. The smallest absolute Gasteiger partial charge is 0.225 e. The number of carbonyl (C=O) groups is 1. The van der Waals surface area contributed by atoms with E-state index in [4.69, 9.17) is 4.74 Å². The minimum absolute atomic E-state index is 0.212. The second-order valence-corrected chi connectivity index (χ2v) is 8.88. The molecule has 1 aliphatic carbocycles. The SMILES string of the molecule is CC1CC(C(=O)N2CC[C@@]3(CN(C)C[C@@H]3COCc3ccccn3)C2)C1. The average molecular weight is 357 g/mol. The molecule has 5 nitrogen and oxygen atoms in total. The molecule has 1 aromatic heterocycles. The molecular weight excluding hydrogens is 326 g/mol. The fourth-order valence-electron chi connectivity index (χ4n) is 5.23. The maximum Gasteiger partial charge on any atom is 0.225 e. The Bertz CT molecular complexity index is 631. The summed E-state index contributed by atoms with van der Waals surface area (Å²) < 4.78 is 6.04. The normalized spacial score (nSPS) is 34.4. The molecule has 1 spiro atoms. The summed E-state index contributed by atoms with van der Waals surface area (Å²) in [5.74, 6) is 1.92. The highest BCUT2D eigenvalue weighted by atomic mass is 16.5. The quantitative estimate of drug-likeness (QED) is 0.812. The van der Waals surface area contributed by atoms with Crippen molar-refractivity contribution in [3.8, 4) is 0 Å². The number of amides is 1. The third kappa shape index (κ3) is 3.52. The van der Waals surface area contributed by atoms with Gasteiger partial charge in [-0.25, -0.2) is 0 Å². The van der Waals surface area contributed by atoms with Gasteiger partial charge in [0.15, 0.2) is 0 Å². The second-order valence-electron chi connectivity index (χ2n) is 8.88. The van der Waals surface area contributed by atoms with Gasteiger partial charge in [0.25, 0.3) is 0 Å². The average Bonchev–Trinajstić information content (AvgIpc) is 3.16. The summed E-state index contributed by atoms with van der Waals surface area (Å²) in [6.45, 7) is 7.55. The molecule has 4 rings (SSSR count). The first-order valence-corrected chi connectivity index (χ1v) is 10.0. The van der Waals surface area contributed by atoms with Crippen molar-refractivity contribution in [3.05, 3.63) is 30.1 Å². The standard InChI is InChI=1S/C21H31N3O2/c1-16-9-17(10-16)20(25)24-8-6-21(15-24)14-23(2)11-18(21)12-26-13-19-5-3-4-7-22-19/h3-5,7,16-18H,6,8-15H2,1-2H3/t16?,17?,18-,21-/m1/s1. The van der Waals surface area contributed by atoms with Crippen LogP contribution in [0, 0.1) is 23.2 Å². The molecule has 3 fully saturated rings. The lowest BCUT2D eigenvalue weighted by Gasteiger charge is -2.36. The van der Waals surface area contributed by atoms with Crippen LogP contribution in [-0.2, 0) is 16.1 Å². The molecular formula is C21H31N3O2. The molecule has 2 atom stereocenters. The lowest BCUT2D eigenvalue weighted by molar-refractivity contribution is -0.139. The van der Waals surface area contributed by atoms with E-state index in [2.05, 4.69) is 28.8 Å². The summed E-state index contributed by atoms with van der Waals surface area (Å²) in [4.78, 5) is 21.7. The van der Waals surface area contributed by atoms with Crippen molar-refractivity contribution in [1.82, 2.24) is 14.8 Å². The molecule has 0 N–H and O–H groups in total. The van der Waals surface area contributed by atoms with Gasteiger partial charge in [0.05, 0.1) is 18.9 Å². The van der Waals surface area contributed by atoms with Crippen LogP contribution in [0.2, 0.25) is 0 Å². The van der Waals surface area contributed by atoms with Crippen molar-refractivity contribution in [3.63, 3.8) is 0 Å². The van der Waals surface area contributed by atoms with Gasteiger partial charge in [0.1, 0.15) is 0 Å². The molecule has 1 aromatic rings. The second kappa shape index (κ2) is 7.28. The number of aromatic nitrogens is 1. The van der Waals surface area contributed by atoms with Crippen molar-refractivity contribution < 1.29 is 9.53 Å². The van der Waals surface area contributed by atoms with Gasteiger partial charge < -0.3 is 14.5 Å². The van der Waals surface area contributed by atoms with Gasteiger partial charge in [-0.2, -0.15) is 0 Å². The first-order valence-electron chi connectivity index (χ1n) is 10.0. The van der Waals surface area contributed by atoms with Crippen LogP contribution in [0.3, 0.4) is 0 Å². The van der Waals surface area contributed by atoms with Crippen molar-refractivity contribution in [1.29, 1.82) is 0 Å². The Morgan fingerprint density at radius 1 is 1.35 bits per heavy atom. The van der Waals surface area contributed by atoms with Crippen LogP contribution >= 0.6 is 0 Å². The number of carbonyl (C=O) groups excluding carboxylic acids is 1. The summed E-state index contributed by atoms with van der Waals surface area (Å²) in [6.07, 6.45) is 5.09. The van der Waals surface area contributed by atoms with Crippen molar-refractivity contribution in [2.75, 3.05) is 39.8 Å². The zero-order valence-corrected chi connectivity index (χ0v) is 16.1. The minimum atomic E-state index is 0.212. The van der Waals surface area contributed by atoms with Gasteiger partial charge in [-0.1, -0.05) is 13.0 Å². The Morgan fingerprint density at radius 3 is 2.92 bits per heavy atom. The summed E-state index contributed by atoms with van der Waals surface area (Å²) in [6, 6.07) is 5.93. The number of rotatable bonds is 5. The maximum absolute atomic E-state index is 12.8. The van der Waals surface area contributed by atoms with E-state index in [9.17, 15) is 4.79 Å². The topological polar surface area (TPSA) is 45.7 Å². The van der Waals surface area contributed by atoms with E-state index in [1.54, 1.807) is 0 Å². The molecule has 0 bridgehead atoms. The van der Waals surface area contributed by atoms with Gasteiger partial charge in [-0.05, 0) is 44.4 Å². The highest BCUT2D eigenvalue weighted by molar-refractivity contribution is 5.80. The zero-order valence-electron chi connectivity index (χ0n) is 16.1. The minimum Gasteiger partial charge on any atom is -0.375 e. The van der Waals surface area contributed by atoms with Crippen LogP contribution in [0.5, 0.6) is 0 Å². The number of hydrogen-bond acceptors (Lipinski definition) is 4. The highest BCUT2D eigenvalue weighted by Crippen LogP contribution is 2.45. The Morgan fingerprint density at radius 2 is 2.19 bits per heavy atom. The molecule has 142 valence electrons. The van der Waals surface area contributed by atoms with Crippen molar-refractivity contribution in [2.24, 2.45) is 23.2 Å². The van der Waals surface area contributed by atoms with Gasteiger partial charge in [0.2, 0.25) is 5.91 Å².